The molecule has 0 aliphatic heterocycles. The van der Waals surface area contributed by atoms with Crippen LogP contribution in [0.1, 0.15) is 31.0 Å². The summed E-state index contributed by atoms with van der Waals surface area (Å²) in [4.78, 5) is 51.2. The third kappa shape index (κ3) is 4.24. The van der Waals surface area contributed by atoms with Crippen LogP contribution in [0.3, 0.4) is 0 Å². The molecule has 0 amide bonds. The van der Waals surface area contributed by atoms with Gasteiger partial charge in [0.25, 0.3) is 5.56 Å². The predicted molar refractivity (Wildman–Crippen MR) is 98.2 cm³/mol. The number of Topliss-reactive ketones (excluding diaryl/α,β-unsaturated/α-hetero) is 1. The Labute approximate surface area is 160 Å². The van der Waals surface area contributed by atoms with Gasteiger partial charge in [-0.15, -0.1) is 0 Å². The molecule has 3 rings (SSSR count). The van der Waals surface area contributed by atoms with E-state index >= 15 is 0 Å². The molecule has 0 aromatic carbocycles. The zero-order chi connectivity index (χ0) is 20.4. The first-order chi connectivity index (χ1) is 13.2. The molecule has 2 heterocycles. The molecule has 0 saturated heterocycles. The number of esters is 1. The van der Waals surface area contributed by atoms with E-state index in [0.29, 0.717) is 11.3 Å². The third-order valence-corrected chi connectivity index (χ3v) is 5.17. The zero-order valence-corrected chi connectivity index (χ0v) is 15.7. The van der Waals surface area contributed by atoms with Crippen LogP contribution in [0.5, 0.6) is 0 Å². The standard InChI is InChI=1S/C19H21N3O6/c1-11-3-4-17-20-13(6-18(24)21(17)8-11)10-28-19(25)7-14-15(9-22(26)27)12(2)5-16(14)23/h3-4,6,8,12,14-15H,5,7,9-10H2,1-2H3/t12-,14+,15-/m1/s1. The van der Waals surface area contributed by atoms with Crippen LogP contribution in [0.2, 0.25) is 0 Å². The zero-order valence-electron chi connectivity index (χ0n) is 15.7. The number of nitrogens with zero attached hydrogens (tertiary/aromatic N) is 3. The molecule has 0 spiro atoms. The van der Waals surface area contributed by atoms with Gasteiger partial charge in [0.1, 0.15) is 18.0 Å². The van der Waals surface area contributed by atoms with Crippen molar-refractivity contribution >= 4 is 17.4 Å². The molecule has 3 atom stereocenters. The van der Waals surface area contributed by atoms with Crippen LogP contribution in [0.4, 0.5) is 0 Å². The summed E-state index contributed by atoms with van der Waals surface area (Å²) < 4.78 is 6.59. The van der Waals surface area contributed by atoms with Gasteiger partial charge in [0.2, 0.25) is 6.54 Å². The van der Waals surface area contributed by atoms with Crippen molar-refractivity contribution in [2.75, 3.05) is 6.54 Å². The van der Waals surface area contributed by atoms with Crippen molar-refractivity contribution in [3.63, 3.8) is 0 Å². The number of hydrogen-bond acceptors (Lipinski definition) is 7. The molecule has 1 aliphatic rings. The SMILES string of the molecule is Cc1ccc2nc(COC(=O)C[C@@H]3C(=O)C[C@@H](C)[C@H]3C[N+](=O)[O-])cc(=O)n2c1. The first-order valence-corrected chi connectivity index (χ1v) is 9.03. The maximum Gasteiger partial charge on any atom is 0.306 e. The normalized spacial score (nSPS) is 21.8. The van der Waals surface area contributed by atoms with Crippen molar-refractivity contribution in [3.8, 4) is 0 Å². The number of hydrogen-bond donors (Lipinski definition) is 0. The van der Waals surface area contributed by atoms with Crippen molar-refractivity contribution in [1.82, 2.24) is 9.38 Å². The van der Waals surface area contributed by atoms with Crippen molar-refractivity contribution in [1.29, 1.82) is 0 Å². The van der Waals surface area contributed by atoms with Crippen molar-refractivity contribution < 1.29 is 19.2 Å². The number of ether oxygens (including phenoxy) is 1. The average Bonchev–Trinajstić information content (AvgIpc) is 2.87. The lowest BCUT2D eigenvalue weighted by molar-refractivity contribution is -0.490. The number of pyridine rings is 1. The molecule has 9 nitrogen and oxygen atoms in total. The summed E-state index contributed by atoms with van der Waals surface area (Å²) in [6.07, 6.45) is 1.70. The van der Waals surface area contributed by atoms with Crippen molar-refractivity contribution in [2.45, 2.75) is 33.3 Å². The predicted octanol–water partition coefficient (Wildman–Crippen LogP) is 1.55. The van der Waals surface area contributed by atoms with Gasteiger partial charge in [0.15, 0.2) is 0 Å². The maximum atomic E-state index is 12.2. The summed E-state index contributed by atoms with van der Waals surface area (Å²) in [6.45, 7) is 3.10. The quantitative estimate of drug-likeness (QED) is 0.419. The summed E-state index contributed by atoms with van der Waals surface area (Å²) in [6, 6.07) is 4.81. The molecule has 2 aromatic rings. The second-order valence-corrected chi connectivity index (χ2v) is 7.32. The van der Waals surface area contributed by atoms with Gasteiger partial charge in [-0.25, -0.2) is 4.98 Å². The van der Waals surface area contributed by atoms with Gasteiger partial charge in [0, 0.05) is 35.4 Å². The summed E-state index contributed by atoms with van der Waals surface area (Å²) >= 11 is 0. The summed E-state index contributed by atoms with van der Waals surface area (Å²) in [5.74, 6) is -2.09. The third-order valence-electron chi connectivity index (χ3n) is 5.17. The minimum absolute atomic E-state index is 0.138. The molecular weight excluding hydrogens is 366 g/mol. The van der Waals surface area contributed by atoms with E-state index in [1.54, 1.807) is 19.2 Å². The highest BCUT2D eigenvalue weighted by Crippen LogP contribution is 2.36. The number of nitro groups is 1. The summed E-state index contributed by atoms with van der Waals surface area (Å²) in [5, 5.41) is 10.8. The fourth-order valence-corrected chi connectivity index (χ4v) is 3.73. The van der Waals surface area contributed by atoms with Crippen molar-refractivity contribution in [2.24, 2.45) is 17.8 Å². The van der Waals surface area contributed by atoms with Crippen LogP contribution in [-0.4, -0.2) is 32.6 Å². The second kappa shape index (κ2) is 7.87. The van der Waals surface area contributed by atoms with Crippen LogP contribution in [0.25, 0.3) is 5.65 Å². The summed E-state index contributed by atoms with van der Waals surface area (Å²) in [5.41, 5.74) is 1.37. The van der Waals surface area contributed by atoms with Gasteiger partial charge in [-0.2, -0.15) is 0 Å². The number of carbonyl (C=O) groups excluding carboxylic acids is 2. The number of fused-ring (bicyclic) bond motifs is 1. The van der Waals surface area contributed by atoms with E-state index < -0.39 is 22.7 Å². The summed E-state index contributed by atoms with van der Waals surface area (Å²) in [7, 11) is 0. The molecule has 1 aliphatic carbocycles. The largest absolute Gasteiger partial charge is 0.459 e. The molecule has 28 heavy (non-hydrogen) atoms. The highest BCUT2D eigenvalue weighted by molar-refractivity contribution is 5.87. The lowest BCUT2D eigenvalue weighted by atomic mass is 9.88. The van der Waals surface area contributed by atoms with Crippen LogP contribution < -0.4 is 5.56 Å². The Morgan fingerprint density at radius 2 is 2.14 bits per heavy atom. The van der Waals surface area contributed by atoms with Crippen LogP contribution in [0, 0.1) is 34.8 Å². The molecule has 0 bridgehead atoms. The Morgan fingerprint density at radius 3 is 2.86 bits per heavy atom. The lowest BCUT2D eigenvalue weighted by Crippen LogP contribution is -2.27. The second-order valence-electron chi connectivity index (χ2n) is 7.32. The van der Waals surface area contributed by atoms with E-state index in [4.69, 9.17) is 4.74 Å². The van der Waals surface area contributed by atoms with Gasteiger partial charge in [-0.1, -0.05) is 13.0 Å². The van der Waals surface area contributed by atoms with Crippen LogP contribution in [-0.2, 0) is 20.9 Å². The maximum absolute atomic E-state index is 12.2. The van der Waals surface area contributed by atoms with Gasteiger partial charge < -0.3 is 4.74 Å². The molecule has 2 aromatic heterocycles. The average molecular weight is 387 g/mol. The van der Waals surface area contributed by atoms with E-state index in [9.17, 15) is 24.5 Å². The number of aryl methyl sites for hydroxylation is 1. The fraction of sp³-hybridized carbons (Fsp3) is 0.474. The monoisotopic (exact) mass is 387 g/mol. The lowest BCUT2D eigenvalue weighted by Gasteiger charge is -2.17. The molecule has 0 radical (unpaired) electrons. The molecular formula is C19H21N3O6. The Morgan fingerprint density at radius 1 is 1.39 bits per heavy atom. The van der Waals surface area contributed by atoms with E-state index in [0.717, 1.165) is 5.56 Å². The Balaban J connectivity index is 1.66. The number of aromatic nitrogens is 2. The Bertz CT molecular complexity index is 999. The van der Waals surface area contributed by atoms with Gasteiger partial charge in [-0.05, 0) is 24.5 Å². The molecule has 0 N–H and O–H groups in total. The number of ketones is 1. The molecule has 9 heteroatoms. The van der Waals surface area contributed by atoms with Crippen LogP contribution in [0.15, 0.2) is 29.2 Å². The van der Waals surface area contributed by atoms with E-state index in [2.05, 4.69) is 4.98 Å². The van der Waals surface area contributed by atoms with Gasteiger partial charge in [0.05, 0.1) is 12.1 Å². The number of carbonyl (C=O) groups is 2. The smallest absolute Gasteiger partial charge is 0.306 e. The van der Waals surface area contributed by atoms with Gasteiger partial charge in [-0.3, -0.25) is 28.9 Å². The Kier molecular flexibility index (Phi) is 5.53. The fourth-order valence-electron chi connectivity index (χ4n) is 3.73. The minimum Gasteiger partial charge on any atom is -0.459 e. The van der Waals surface area contributed by atoms with Gasteiger partial charge >= 0.3 is 5.97 Å². The van der Waals surface area contributed by atoms with E-state index in [1.807, 2.05) is 13.0 Å². The number of rotatable bonds is 6. The van der Waals surface area contributed by atoms with Crippen LogP contribution >= 0.6 is 0 Å². The first-order valence-electron chi connectivity index (χ1n) is 9.03. The Hall–Kier alpha value is -3.10. The highest BCUT2D eigenvalue weighted by Gasteiger charge is 2.44. The highest BCUT2D eigenvalue weighted by atomic mass is 16.6. The molecule has 148 valence electrons. The van der Waals surface area contributed by atoms with Crippen molar-refractivity contribution in [3.05, 3.63) is 56.1 Å². The molecule has 0 unspecified atom stereocenters. The minimum atomic E-state index is -0.703. The molecule has 1 fully saturated rings. The van der Waals surface area contributed by atoms with E-state index in [-0.39, 0.29) is 43.3 Å². The topological polar surface area (TPSA) is 121 Å². The first kappa shape index (κ1) is 19.7. The molecule has 1 saturated carbocycles. The van der Waals surface area contributed by atoms with E-state index in [1.165, 1.54) is 10.5 Å².